The van der Waals surface area contributed by atoms with Crippen LogP contribution in [0.15, 0.2) is 25.3 Å². The molecule has 10 heterocycles. The average Bonchev–Trinajstić information content (AvgIpc) is 3.93. The maximum Gasteiger partial charge on any atom is 0.357 e. The highest BCUT2D eigenvalue weighted by Crippen LogP contribution is 2.91. The van der Waals surface area contributed by atoms with Crippen LogP contribution in [0.25, 0.3) is 22.3 Å². The summed E-state index contributed by atoms with van der Waals surface area (Å²) in [5.41, 5.74) is 13.4. The van der Waals surface area contributed by atoms with E-state index in [1.54, 1.807) is 36.8 Å². The Labute approximate surface area is 321 Å². The number of nitrogens with two attached hydrogens (primary N) is 2. The second-order valence-electron chi connectivity index (χ2n) is 15.0. The van der Waals surface area contributed by atoms with Gasteiger partial charge in [0.15, 0.2) is 58.8 Å². The molecule has 4 aromatic rings. The molecule has 6 unspecified atom stereocenters. The number of nitrogen functional groups attached to an aromatic ring is 2. The number of imidazole rings is 2. The normalized spacial score (nSPS) is 41.8. The van der Waals surface area contributed by atoms with Crippen molar-refractivity contribution in [1.29, 1.82) is 0 Å². The van der Waals surface area contributed by atoms with Crippen LogP contribution in [0.2, 0.25) is 0 Å². The summed E-state index contributed by atoms with van der Waals surface area (Å²) in [6.45, 7) is 5.93. The van der Waals surface area contributed by atoms with Gasteiger partial charge in [-0.3, -0.25) is 27.4 Å². The predicted octanol–water partition coefficient (Wildman–Crippen LogP) is 3.46. The fourth-order valence-corrected chi connectivity index (χ4v) is 22.4. The molecule has 10 rings (SSSR count). The quantitative estimate of drug-likeness (QED) is 0.239. The lowest BCUT2D eigenvalue weighted by molar-refractivity contribution is -0.199. The van der Waals surface area contributed by atoms with Crippen LogP contribution in [-0.4, -0.2) is 112 Å². The lowest BCUT2D eigenvalue weighted by Crippen LogP contribution is -2.33. The van der Waals surface area contributed by atoms with Gasteiger partial charge in [-0.25, -0.2) is 42.8 Å². The molecule has 29 heteroatoms. The smallest absolute Gasteiger partial charge is 0.357 e. The number of rotatable bonds is 8. The fourth-order valence-electron chi connectivity index (χ4n) is 7.83. The van der Waals surface area contributed by atoms with E-state index in [0.29, 0.717) is 22.3 Å². The number of fused-ring (bicyclic) bond motifs is 6. The monoisotopic (exact) mass is 876 g/mol. The van der Waals surface area contributed by atoms with E-state index in [0.717, 1.165) is 0 Å². The third kappa shape index (κ3) is 6.61. The SMILES string of the molecule is CC1(C)OC2[C@@H](O1)[C@@H](COP1(=O)CP3(=O)OP(=O)(OC[C@H]4O[C@@H](n5cnc6c(N)ncnc65)C5OC(C)(C)O[C@H]54)CP(=O)(O1)O3)O[C@H]2n1cnc2c(N)ncnc21. The van der Waals surface area contributed by atoms with Crippen molar-refractivity contribution in [3.63, 3.8) is 0 Å². The van der Waals surface area contributed by atoms with Crippen molar-refractivity contribution < 1.29 is 68.7 Å². The highest BCUT2D eigenvalue weighted by Gasteiger charge is 2.65. The van der Waals surface area contributed by atoms with Crippen molar-refractivity contribution in [3.05, 3.63) is 25.3 Å². The Hall–Kier alpha value is -2.82. The molecule has 25 nitrogen and oxygen atoms in total. The number of nitrogens with zero attached hydrogens (tertiary/aromatic N) is 8. The van der Waals surface area contributed by atoms with Crippen LogP contribution >= 0.6 is 30.4 Å². The minimum absolute atomic E-state index is 0.164. The van der Waals surface area contributed by atoms with Crippen LogP contribution in [0.1, 0.15) is 40.2 Å². The highest BCUT2D eigenvalue weighted by atomic mass is 31.3. The zero-order valence-corrected chi connectivity index (χ0v) is 34.0. The second kappa shape index (κ2) is 12.8. The Bertz CT molecular complexity index is 2310. The molecule has 6 saturated heterocycles. The zero-order chi connectivity index (χ0) is 39.9. The summed E-state index contributed by atoms with van der Waals surface area (Å²) in [7, 11) is -18.4. The summed E-state index contributed by atoms with van der Waals surface area (Å²) >= 11 is 0. The summed E-state index contributed by atoms with van der Waals surface area (Å²) in [5, 5.41) is 0. The van der Waals surface area contributed by atoms with E-state index in [-0.39, 0.29) is 11.6 Å². The summed E-state index contributed by atoms with van der Waals surface area (Å²) in [4.78, 5) is 25.1. The van der Waals surface area contributed by atoms with Crippen molar-refractivity contribution in [1.82, 2.24) is 39.0 Å². The van der Waals surface area contributed by atoms with Crippen molar-refractivity contribution >= 4 is 64.3 Å². The Morgan fingerprint density at radius 1 is 0.632 bits per heavy atom. The van der Waals surface area contributed by atoms with Crippen molar-refractivity contribution in [2.75, 3.05) is 36.5 Å². The van der Waals surface area contributed by atoms with Gasteiger partial charge in [-0.15, -0.1) is 0 Å². The van der Waals surface area contributed by atoms with Gasteiger partial charge in [-0.1, -0.05) is 0 Å². The molecule has 0 saturated carbocycles. The predicted molar refractivity (Wildman–Crippen MR) is 190 cm³/mol. The van der Waals surface area contributed by atoms with Crippen LogP contribution in [0.3, 0.4) is 0 Å². The molecule has 0 radical (unpaired) electrons. The molecule has 6 aliphatic heterocycles. The maximum atomic E-state index is 14.1. The molecule has 57 heavy (non-hydrogen) atoms. The molecule has 6 fully saturated rings. The maximum absolute atomic E-state index is 14.1. The molecule has 2 bridgehead atoms. The highest BCUT2D eigenvalue weighted by molar-refractivity contribution is 7.91. The lowest BCUT2D eigenvalue weighted by Gasteiger charge is -2.39. The number of ether oxygens (including phenoxy) is 6. The third-order valence-corrected chi connectivity index (χ3v) is 22.5. The van der Waals surface area contributed by atoms with Gasteiger partial charge in [0.25, 0.3) is 0 Å². The molecule has 4 N–H and O–H groups in total. The lowest BCUT2D eigenvalue weighted by atomic mass is 10.1. The van der Waals surface area contributed by atoms with E-state index in [1.807, 2.05) is 0 Å². The Morgan fingerprint density at radius 2 is 1.04 bits per heavy atom. The van der Waals surface area contributed by atoms with E-state index in [4.69, 9.17) is 61.9 Å². The third-order valence-electron chi connectivity index (χ3n) is 9.88. The van der Waals surface area contributed by atoms with E-state index >= 15 is 0 Å². The van der Waals surface area contributed by atoms with Crippen LogP contribution in [-0.2, 0) is 68.7 Å². The number of hydrogen-bond donors (Lipinski definition) is 2. The van der Waals surface area contributed by atoms with Gasteiger partial charge in [0, 0.05) is 0 Å². The molecule has 6 aliphatic rings. The topological polar surface area (TPSA) is 309 Å². The summed E-state index contributed by atoms with van der Waals surface area (Å²) < 4.78 is 124. The summed E-state index contributed by atoms with van der Waals surface area (Å²) in [5.74, 6) is -3.81. The van der Waals surface area contributed by atoms with Crippen molar-refractivity contribution in [2.45, 2.75) is 88.3 Å². The molecule has 4 aromatic heterocycles. The number of aromatic nitrogens is 8. The molecule has 0 aliphatic carbocycles. The standard InChI is InChI=1S/C28H36N10O15P4/c1-27(2)47-17-13(45-25(19(17)49-27)37-9-35-15-21(29)31-7-33-23(15)37)5-43-54(39)11-56(41)52-55(40,12-57(42,51-54)53-56)44-6-14-18-20(50-28(3,4)48-18)26(46-14)38-10-36-16-22(30)32-8-34-24(16)38/h7-10,13-14,17-20,25-26H,5-6,11-12H2,1-4H3,(H2,29,31,33)(H2,30,32,34)/t13-,14-,17+,18+,19?,20?,25-,26-,54?,55?,56?,57?/m1/s1. The second-order valence-corrected chi connectivity index (χ2v) is 24.6. The van der Waals surface area contributed by atoms with Crippen LogP contribution in [0.5, 0.6) is 0 Å². The molecule has 0 amide bonds. The first-order valence-corrected chi connectivity index (χ1v) is 24.4. The van der Waals surface area contributed by atoms with Gasteiger partial charge in [0.2, 0.25) is 0 Å². The number of anilines is 2. The van der Waals surface area contributed by atoms with E-state index in [1.165, 1.54) is 25.3 Å². The Balaban J connectivity index is 0.833. The van der Waals surface area contributed by atoms with E-state index in [2.05, 4.69) is 29.9 Å². The summed E-state index contributed by atoms with van der Waals surface area (Å²) in [6.07, 6.45) is -1.04. The van der Waals surface area contributed by atoms with Gasteiger partial charge in [-0.05, 0) is 27.7 Å². The Kier molecular flexibility index (Phi) is 8.65. The number of hydrogen-bond acceptors (Lipinski definition) is 23. The first-order chi connectivity index (χ1) is 26.8. The molecule has 12 atom stereocenters. The first kappa shape index (κ1) is 38.4. The molecule has 0 spiro atoms. The van der Waals surface area contributed by atoms with Crippen LogP contribution in [0, 0.1) is 0 Å². The summed E-state index contributed by atoms with van der Waals surface area (Å²) in [6, 6.07) is 0. The van der Waals surface area contributed by atoms with Gasteiger partial charge in [0.05, 0.1) is 25.9 Å². The molecule has 0 aromatic carbocycles. The minimum atomic E-state index is -4.68. The zero-order valence-electron chi connectivity index (χ0n) is 30.4. The first-order valence-electron chi connectivity index (χ1n) is 17.5. The average molecular weight is 877 g/mol. The molecular formula is C28H36N10O15P4. The fraction of sp³-hybridized carbons (Fsp3) is 0.643. The Morgan fingerprint density at radius 3 is 1.46 bits per heavy atom. The van der Waals surface area contributed by atoms with Crippen LogP contribution in [0.4, 0.5) is 11.6 Å². The van der Waals surface area contributed by atoms with Crippen LogP contribution < -0.4 is 11.5 Å². The van der Waals surface area contributed by atoms with E-state index < -0.39 is 116 Å². The van der Waals surface area contributed by atoms with Gasteiger partial charge < -0.3 is 48.9 Å². The minimum Gasteiger partial charge on any atom is -0.382 e. The van der Waals surface area contributed by atoms with Gasteiger partial charge in [0.1, 0.15) is 60.3 Å². The van der Waals surface area contributed by atoms with Crippen molar-refractivity contribution in [3.8, 4) is 0 Å². The van der Waals surface area contributed by atoms with Crippen molar-refractivity contribution in [2.24, 2.45) is 0 Å². The van der Waals surface area contributed by atoms with E-state index in [9.17, 15) is 18.3 Å². The molecule has 308 valence electrons. The van der Waals surface area contributed by atoms with Gasteiger partial charge >= 0.3 is 30.4 Å². The van der Waals surface area contributed by atoms with Gasteiger partial charge in [-0.2, -0.15) is 0 Å². The molecular weight excluding hydrogens is 840 g/mol. The largest absolute Gasteiger partial charge is 0.382 e.